The normalized spacial score (nSPS) is 12.3. The van der Waals surface area contributed by atoms with Crippen molar-refractivity contribution in [3.63, 3.8) is 0 Å². The molecule has 0 saturated heterocycles. The SMILES string of the molecule is CC(C)[C@@H](NC(=O)Cc1cccs1)C(=O)N/N=C\c1ccccc1. The Morgan fingerprint density at radius 3 is 2.54 bits per heavy atom. The molecule has 2 aromatic rings. The van der Waals surface area contributed by atoms with E-state index in [0.29, 0.717) is 0 Å². The van der Waals surface area contributed by atoms with Crippen LogP contribution in [0.25, 0.3) is 0 Å². The van der Waals surface area contributed by atoms with Gasteiger partial charge in [0.05, 0.1) is 12.6 Å². The van der Waals surface area contributed by atoms with E-state index in [4.69, 9.17) is 0 Å². The predicted octanol–water partition coefficient (Wildman–Crippen LogP) is 2.58. The second-order valence-electron chi connectivity index (χ2n) is 5.69. The third kappa shape index (κ3) is 5.62. The number of thiophene rings is 1. The molecule has 126 valence electrons. The molecule has 2 amide bonds. The van der Waals surface area contributed by atoms with Gasteiger partial charge >= 0.3 is 0 Å². The van der Waals surface area contributed by atoms with Gasteiger partial charge in [0.2, 0.25) is 5.91 Å². The summed E-state index contributed by atoms with van der Waals surface area (Å²) in [6.07, 6.45) is 1.85. The summed E-state index contributed by atoms with van der Waals surface area (Å²) in [7, 11) is 0. The van der Waals surface area contributed by atoms with E-state index in [-0.39, 0.29) is 24.2 Å². The van der Waals surface area contributed by atoms with Gasteiger partial charge in [0.25, 0.3) is 5.91 Å². The highest BCUT2D eigenvalue weighted by atomic mass is 32.1. The lowest BCUT2D eigenvalue weighted by atomic mass is 10.0. The Labute approximate surface area is 145 Å². The van der Waals surface area contributed by atoms with Crippen molar-refractivity contribution in [3.05, 3.63) is 58.3 Å². The van der Waals surface area contributed by atoms with Gasteiger partial charge in [-0.1, -0.05) is 50.2 Å². The van der Waals surface area contributed by atoms with Crippen molar-refractivity contribution in [1.82, 2.24) is 10.7 Å². The number of nitrogens with one attached hydrogen (secondary N) is 2. The summed E-state index contributed by atoms with van der Waals surface area (Å²) in [4.78, 5) is 25.3. The Balaban J connectivity index is 1.90. The van der Waals surface area contributed by atoms with Crippen LogP contribution in [0.1, 0.15) is 24.3 Å². The molecule has 0 unspecified atom stereocenters. The van der Waals surface area contributed by atoms with Gasteiger partial charge in [-0.25, -0.2) is 5.43 Å². The Bertz CT molecular complexity index is 682. The largest absolute Gasteiger partial charge is 0.344 e. The molecule has 0 bridgehead atoms. The van der Waals surface area contributed by atoms with Crippen LogP contribution in [0.2, 0.25) is 0 Å². The Hall–Kier alpha value is -2.47. The minimum Gasteiger partial charge on any atom is -0.344 e. The second kappa shape index (κ2) is 8.98. The van der Waals surface area contributed by atoms with E-state index in [2.05, 4.69) is 15.8 Å². The van der Waals surface area contributed by atoms with E-state index in [0.717, 1.165) is 10.4 Å². The highest BCUT2D eigenvalue weighted by molar-refractivity contribution is 7.10. The van der Waals surface area contributed by atoms with Crippen LogP contribution < -0.4 is 10.7 Å². The van der Waals surface area contributed by atoms with Crippen molar-refractivity contribution in [2.75, 3.05) is 0 Å². The first-order valence-electron chi connectivity index (χ1n) is 7.76. The van der Waals surface area contributed by atoms with Gasteiger partial charge in [0.1, 0.15) is 6.04 Å². The first kappa shape index (κ1) is 17.9. The molecule has 0 radical (unpaired) electrons. The summed E-state index contributed by atoms with van der Waals surface area (Å²) in [6.45, 7) is 3.77. The fourth-order valence-electron chi connectivity index (χ4n) is 2.11. The molecule has 5 nitrogen and oxygen atoms in total. The average molecular weight is 343 g/mol. The Morgan fingerprint density at radius 1 is 1.17 bits per heavy atom. The van der Waals surface area contributed by atoms with E-state index in [1.54, 1.807) is 6.21 Å². The van der Waals surface area contributed by atoms with Crippen molar-refractivity contribution in [3.8, 4) is 0 Å². The number of carbonyl (C=O) groups is 2. The summed E-state index contributed by atoms with van der Waals surface area (Å²) in [5, 5.41) is 8.66. The maximum atomic E-state index is 12.3. The summed E-state index contributed by atoms with van der Waals surface area (Å²) < 4.78 is 0. The molecule has 1 atom stereocenters. The van der Waals surface area contributed by atoms with Crippen LogP contribution >= 0.6 is 11.3 Å². The van der Waals surface area contributed by atoms with Crippen molar-refractivity contribution in [1.29, 1.82) is 0 Å². The zero-order chi connectivity index (χ0) is 17.4. The third-order valence-corrected chi connectivity index (χ3v) is 4.24. The van der Waals surface area contributed by atoms with E-state index >= 15 is 0 Å². The first-order chi connectivity index (χ1) is 11.6. The summed E-state index contributed by atoms with van der Waals surface area (Å²) in [5.74, 6) is -0.528. The number of benzene rings is 1. The molecule has 1 aromatic heterocycles. The molecular weight excluding hydrogens is 322 g/mol. The number of hydrogen-bond acceptors (Lipinski definition) is 4. The van der Waals surface area contributed by atoms with Gasteiger partial charge < -0.3 is 5.32 Å². The molecule has 6 heteroatoms. The van der Waals surface area contributed by atoms with Gasteiger partial charge in [-0.15, -0.1) is 11.3 Å². The minimum atomic E-state index is -0.620. The van der Waals surface area contributed by atoms with E-state index < -0.39 is 6.04 Å². The van der Waals surface area contributed by atoms with Crippen LogP contribution in [0.15, 0.2) is 52.9 Å². The zero-order valence-electron chi connectivity index (χ0n) is 13.7. The summed E-state index contributed by atoms with van der Waals surface area (Å²) >= 11 is 1.52. The molecule has 2 rings (SSSR count). The van der Waals surface area contributed by atoms with Gasteiger partial charge in [-0.05, 0) is 22.9 Å². The van der Waals surface area contributed by atoms with Crippen LogP contribution in [0, 0.1) is 5.92 Å². The van der Waals surface area contributed by atoms with Gasteiger partial charge in [-0.2, -0.15) is 5.10 Å². The van der Waals surface area contributed by atoms with Crippen molar-refractivity contribution in [2.45, 2.75) is 26.3 Å². The van der Waals surface area contributed by atoms with Crippen molar-refractivity contribution in [2.24, 2.45) is 11.0 Å². The number of rotatable bonds is 7. The second-order valence-corrected chi connectivity index (χ2v) is 6.72. The lowest BCUT2D eigenvalue weighted by Crippen LogP contribution is -2.49. The highest BCUT2D eigenvalue weighted by Gasteiger charge is 2.24. The number of amides is 2. The fraction of sp³-hybridized carbons (Fsp3) is 0.278. The van der Waals surface area contributed by atoms with Crippen LogP contribution in [-0.4, -0.2) is 24.1 Å². The van der Waals surface area contributed by atoms with E-state index in [9.17, 15) is 9.59 Å². The monoisotopic (exact) mass is 343 g/mol. The third-order valence-electron chi connectivity index (χ3n) is 3.37. The van der Waals surface area contributed by atoms with Crippen molar-refractivity contribution < 1.29 is 9.59 Å². The number of nitrogens with zero attached hydrogens (tertiary/aromatic N) is 1. The average Bonchev–Trinajstić information content (AvgIpc) is 3.06. The molecule has 24 heavy (non-hydrogen) atoms. The van der Waals surface area contributed by atoms with Gasteiger partial charge in [-0.3, -0.25) is 9.59 Å². The number of hydrogen-bond donors (Lipinski definition) is 2. The first-order valence-corrected chi connectivity index (χ1v) is 8.64. The Morgan fingerprint density at radius 2 is 1.92 bits per heavy atom. The van der Waals surface area contributed by atoms with Crippen LogP contribution in [0.3, 0.4) is 0 Å². The van der Waals surface area contributed by atoms with Gasteiger partial charge in [0.15, 0.2) is 0 Å². The number of hydrazone groups is 1. The van der Waals surface area contributed by atoms with Gasteiger partial charge in [0, 0.05) is 4.88 Å². The topological polar surface area (TPSA) is 70.6 Å². The predicted molar refractivity (Wildman–Crippen MR) is 97.0 cm³/mol. The van der Waals surface area contributed by atoms with E-state index in [1.165, 1.54) is 11.3 Å². The molecular formula is C18H21N3O2S. The standard InChI is InChI=1S/C18H21N3O2S/c1-13(2)17(20-16(22)11-15-9-6-10-24-15)18(23)21-19-12-14-7-4-3-5-8-14/h3-10,12-13,17H,11H2,1-2H3,(H,20,22)(H,21,23)/b19-12-/t17-/m1/s1. The fourth-order valence-corrected chi connectivity index (χ4v) is 2.81. The molecule has 2 N–H and O–H groups in total. The molecule has 0 saturated carbocycles. The van der Waals surface area contributed by atoms with E-state index in [1.807, 2.05) is 61.7 Å². The summed E-state index contributed by atoms with van der Waals surface area (Å²) in [5.41, 5.74) is 3.38. The maximum Gasteiger partial charge on any atom is 0.262 e. The molecule has 0 aliphatic heterocycles. The highest BCUT2D eigenvalue weighted by Crippen LogP contribution is 2.10. The lowest BCUT2D eigenvalue weighted by Gasteiger charge is -2.20. The van der Waals surface area contributed by atoms with Crippen LogP contribution in [-0.2, 0) is 16.0 Å². The van der Waals surface area contributed by atoms with Crippen LogP contribution in [0.4, 0.5) is 0 Å². The number of carbonyl (C=O) groups excluding carboxylic acids is 2. The minimum absolute atomic E-state index is 0.0378. The molecule has 1 heterocycles. The zero-order valence-corrected chi connectivity index (χ0v) is 14.5. The molecule has 0 aliphatic carbocycles. The molecule has 0 aliphatic rings. The smallest absolute Gasteiger partial charge is 0.262 e. The molecule has 0 fully saturated rings. The van der Waals surface area contributed by atoms with Crippen LogP contribution in [0.5, 0.6) is 0 Å². The molecule has 1 aromatic carbocycles. The summed E-state index contributed by atoms with van der Waals surface area (Å²) in [6, 6.07) is 12.7. The van der Waals surface area contributed by atoms with Crippen molar-refractivity contribution >= 4 is 29.4 Å². The molecule has 0 spiro atoms. The maximum absolute atomic E-state index is 12.3. The lowest BCUT2D eigenvalue weighted by molar-refractivity contribution is -0.129. The quantitative estimate of drug-likeness (QED) is 0.599. The Kier molecular flexibility index (Phi) is 6.69.